The second-order valence-electron chi connectivity index (χ2n) is 11.8. The quantitative estimate of drug-likeness (QED) is 0.299. The van der Waals surface area contributed by atoms with Gasteiger partial charge >= 0.3 is 5.69 Å². The van der Waals surface area contributed by atoms with Crippen LogP contribution in [0.1, 0.15) is 62.8 Å². The maximum absolute atomic E-state index is 15.9. The van der Waals surface area contributed by atoms with E-state index in [9.17, 15) is 14.0 Å². The van der Waals surface area contributed by atoms with E-state index in [2.05, 4.69) is 26.5 Å². The van der Waals surface area contributed by atoms with E-state index in [1.165, 1.54) is 34.9 Å². The molecule has 3 aliphatic rings. The topological polar surface area (TPSA) is 97.1 Å². The minimum Gasteiger partial charge on any atom is -0.349 e. The fourth-order valence-electron chi connectivity index (χ4n) is 6.16. The number of carbonyl (C=O) groups is 1. The molecule has 43 heavy (non-hydrogen) atoms. The molecule has 0 bridgehead atoms. The lowest BCUT2D eigenvalue weighted by Gasteiger charge is -2.44. The van der Waals surface area contributed by atoms with Gasteiger partial charge in [0.2, 0.25) is 5.91 Å². The summed E-state index contributed by atoms with van der Waals surface area (Å²) in [4.78, 5) is 48.7. The zero-order valence-electron chi connectivity index (χ0n) is 24.0. The van der Waals surface area contributed by atoms with E-state index in [0.29, 0.717) is 24.2 Å². The van der Waals surface area contributed by atoms with E-state index in [-0.39, 0.29) is 52.5 Å². The Labute approximate surface area is 246 Å². The number of anilines is 1. The number of hydrogen-bond donors (Lipinski definition) is 0. The number of halogens is 2. The zero-order valence-corrected chi connectivity index (χ0v) is 24.0. The van der Waals surface area contributed by atoms with Crippen LogP contribution in [0.2, 0.25) is 0 Å². The van der Waals surface area contributed by atoms with Gasteiger partial charge in [0.1, 0.15) is 29.5 Å². The minimum atomic E-state index is -0.735. The van der Waals surface area contributed by atoms with Crippen molar-refractivity contribution in [1.29, 1.82) is 0 Å². The van der Waals surface area contributed by atoms with Crippen LogP contribution >= 0.6 is 0 Å². The summed E-state index contributed by atoms with van der Waals surface area (Å²) >= 11 is 0. The third kappa shape index (κ3) is 4.67. The monoisotopic (exact) mass is 583 g/mol. The first-order valence-electron chi connectivity index (χ1n) is 14.7. The van der Waals surface area contributed by atoms with Crippen molar-refractivity contribution < 1.29 is 13.6 Å². The van der Waals surface area contributed by atoms with Crippen LogP contribution in [0.3, 0.4) is 0 Å². The molecule has 1 saturated heterocycles. The lowest BCUT2D eigenvalue weighted by atomic mass is 10.1. The van der Waals surface area contributed by atoms with Crippen molar-refractivity contribution in [3.63, 3.8) is 0 Å². The predicted octanol–water partition coefficient (Wildman–Crippen LogP) is 4.88. The van der Waals surface area contributed by atoms with E-state index in [0.717, 1.165) is 37.1 Å². The fraction of sp³-hybridized carbons (Fsp3) is 0.375. The summed E-state index contributed by atoms with van der Waals surface area (Å²) in [6.45, 7) is 8.17. The molecule has 9 nitrogen and oxygen atoms in total. The second kappa shape index (κ2) is 10.3. The summed E-state index contributed by atoms with van der Waals surface area (Å²) in [7, 11) is 0. The van der Waals surface area contributed by atoms with Crippen molar-refractivity contribution in [2.24, 2.45) is 0 Å². The van der Waals surface area contributed by atoms with Crippen molar-refractivity contribution in [2.75, 3.05) is 18.0 Å². The van der Waals surface area contributed by atoms with Crippen molar-refractivity contribution in [2.45, 2.75) is 63.5 Å². The van der Waals surface area contributed by atoms with Crippen molar-refractivity contribution >= 4 is 22.8 Å². The molecule has 3 fully saturated rings. The predicted molar refractivity (Wildman–Crippen MR) is 158 cm³/mol. The van der Waals surface area contributed by atoms with Gasteiger partial charge in [0.15, 0.2) is 5.65 Å². The molecule has 4 aromatic rings. The number of hydrogen-bond acceptors (Lipinski definition) is 7. The summed E-state index contributed by atoms with van der Waals surface area (Å²) in [5.41, 5.74) is 1.44. The molecule has 1 aromatic carbocycles. The molecule has 1 aliphatic heterocycles. The molecule has 2 aliphatic carbocycles. The molecular formula is C32H31F2N7O2. The minimum absolute atomic E-state index is 0.00746. The smallest absolute Gasteiger partial charge is 0.349 e. The highest BCUT2D eigenvalue weighted by Crippen LogP contribution is 2.47. The number of aromatic nitrogens is 5. The molecule has 4 heterocycles. The van der Waals surface area contributed by atoms with Gasteiger partial charge in [-0.15, -0.1) is 0 Å². The average Bonchev–Trinajstić information content (AvgIpc) is 3.92. The van der Waals surface area contributed by atoms with E-state index in [4.69, 9.17) is 0 Å². The van der Waals surface area contributed by atoms with Gasteiger partial charge in [-0.3, -0.25) is 4.79 Å². The molecule has 11 heteroatoms. The molecule has 0 unspecified atom stereocenters. The SMILES string of the molecule is C=CC(=O)N1C[C@H](C)N(c2nc(=O)n(-c3c(C4CC4)ncnc3C3CC3)c3nc(-c4ccccc4F)c(F)cc23)C[C@H]1C. The van der Waals surface area contributed by atoms with Crippen molar-refractivity contribution in [3.05, 3.63) is 82.8 Å². The molecule has 2 saturated carbocycles. The molecule has 220 valence electrons. The summed E-state index contributed by atoms with van der Waals surface area (Å²) in [5.74, 6) is -0.910. The van der Waals surface area contributed by atoms with Crippen LogP contribution < -0.4 is 10.6 Å². The third-order valence-electron chi connectivity index (χ3n) is 8.68. The second-order valence-corrected chi connectivity index (χ2v) is 11.8. The Kier molecular flexibility index (Phi) is 6.55. The van der Waals surface area contributed by atoms with Crippen molar-refractivity contribution in [3.8, 4) is 16.9 Å². The first kappa shape index (κ1) is 27.3. The number of nitrogens with zero attached hydrogens (tertiary/aromatic N) is 7. The Hall–Kier alpha value is -4.54. The van der Waals surface area contributed by atoms with Crippen LogP contribution in [-0.4, -0.2) is 60.5 Å². The van der Waals surface area contributed by atoms with Gasteiger partial charge in [0.05, 0.1) is 22.5 Å². The molecule has 2 atom stereocenters. The number of fused-ring (bicyclic) bond motifs is 1. The first-order chi connectivity index (χ1) is 20.8. The summed E-state index contributed by atoms with van der Waals surface area (Å²) in [6.07, 6.45) is 6.60. The highest BCUT2D eigenvalue weighted by molar-refractivity contribution is 5.91. The summed E-state index contributed by atoms with van der Waals surface area (Å²) in [5, 5.41) is 0.312. The molecule has 3 aromatic heterocycles. The van der Waals surface area contributed by atoms with Gasteiger partial charge in [0.25, 0.3) is 0 Å². The number of pyridine rings is 1. The first-order valence-corrected chi connectivity index (χ1v) is 14.7. The Morgan fingerprint density at radius 2 is 1.63 bits per heavy atom. The summed E-state index contributed by atoms with van der Waals surface area (Å²) < 4.78 is 32.3. The van der Waals surface area contributed by atoms with Crippen molar-refractivity contribution in [1.82, 2.24) is 29.4 Å². The number of rotatable bonds is 6. The molecule has 7 rings (SSSR count). The van der Waals surface area contributed by atoms with E-state index >= 15 is 4.39 Å². The molecule has 0 N–H and O–H groups in total. The molecular weight excluding hydrogens is 552 g/mol. The van der Waals surface area contributed by atoms with Crippen LogP contribution in [0.25, 0.3) is 28.0 Å². The van der Waals surface area contributed by atoms with Gasteiger partial charge in [0, 0.05) is 42.6 Å². The maximum Gasteiger partial charge on any atom is 0.355 e. The molecule has 1 amide bonds. The Balaban J connectivity index is 1.50. The Morgan fingerprint density at radius 3 is 2.26 bits per heavy atom. The third-order valence-corrected chi connectivity index (χ3v) is 8.68. The van der Waals surface area contributed by atoms with Crippen LogP contribution in [0, 0.1) is 11.6 Å². The van der Waals surface area contributed by atoms with Gasteiger partial charge < -0.3 is 9.80 Å². The highest BCUT2D eigenvalue weighted by atomic mass is 19.1. The van der Waals surface area contributed by atoms with Crippen LogP contribution in [0.4, 0.5) is 14.6 Å². The van der Waals surface area contributed by atoms with Gasteiger partial charge in [-0.1, -0.05) is 18.7 Å². The largest absolute Gasteiger partial charge is 0.355 e. The standard InChI is InChI=1S/C32H31F2N7O2/c1-4-25(42)39-14-18(3)40(15-17(39)2)30-22-13-24(34)28(21-7-5-6-8-23(21)33)37-31(22)41(32(43)38-30)29-26(19-9-10-19)35-16-36-27(29)20-11-12-20/h4-8,13,16-20H,1,9-12,14-15H2,2-3H3/t17-,18+/m1/s1. The fourth-order valence-corrected chi connectivity index (χ4v) is 6.16. The van der Waals surface area contributed by atoms with Gasteiger partial charge in [-0.05, 0) is 63.8 Å². The maximum atomic E-state index is 15.9. The average molecular weight is 584 g/mol. The number of benzene rings is 1. The molecule has 0 spiro atoms. The van der Waals surface area contributed by atoms with E-state index < -0.39 is 17.3 Å². The molecule has 0 radical (unpaired) electrons. The van der Waals surface area contributed by atoms with Gasteiger partial charge in [-0.25, -0.2) is 33.1 Å². The Bertz CT molecular complexity index is 1820. The lowest BCUT2D eigenvalue weighted by Crippen LogP contribution is -2.58. The zero-order chi connectivity index (χ0) is 30.0. The van der Waals surface area contributed by atoms with E-state index in [1.54, 1.807) is 17.3 Å². The van der Waals surface area contributed by atoms with Gasteiger partial charge in [-0.2, -0.15) is 4.98 Å². The lowest BCUT2D eigenvalue weighted by molar-refractivity contribution is -0.128. The number of amides is 1. The van der Waals surface area contributed by atoms with Crippen LogP contribution in [0.5, 0.6) is 0 Å². The van der Waals surface area contributed by atoms with Crippen LogP contribution in [-0.2, 0) is 4.79 Å². The Morgan fingerprint density at radius 1 is 0.953 bits per heavy atom. The number of piperazine rings is 1. The normalized spacial score (nSPS) is 20.5. The summed E-state index contributed by atoms with van der Waals surface area (Å²) in [6, 6.07) is 6.68. The van der Waals surface area contributed by atoms with E-state index in [1.807, 2.05) is 18.7 Å². The number of carbonyl (C=O) groups excluding carboxylic acids is 1. The highest BCUT2D eigenvalue weighted by Gasteiger charge is 2.38. The van der Waals surface area contributed by atoms with Crippen LogP contribution in [0.15, 0.2) is 54.1 Å².